The van der Waals surface area contributed by atoms with Gasteiger partial charge in [-0.2, -0.15) is 0 Å². The summed E-state index contributed by atoms with van der Waals surface area (Å²) in [6.07, 6.45) is 4.03. The molecule has 2 rings (SSSR count). The number of benzene rings is 1. The summed E-state index contributed by atoms with van der Waals surface area (Å²) in [5, 5.41) is 3.87. The maximum absolute atomic E-state index is 3.87. The Morgan fingerprint density at radius 2 is 1.60 bits per heavy atom. The lowest BCUT2D eigenvalue weighted by atomic mass is 9.79. The molecule has 1 fully saturated rings. The zero-order chi connectivity index (χ0) is 14.9. The third-order valence-electron chi connectivity index (χ3n) is 5.43. The maximum atomic E-state index is 3.87. The fraction of sp³-hybridized carbons (Fsp3) is 0.684. The average molecular weight is 273 g/mol. The Morgan fingerprint density at radius 1 is 0.950 bits per heavy atom. The molecular formula is C19H31N. The van der Waals surface area contributed by atoms with Gasteiger partial charge >= 0.3 is 0 Å². The van der Waals surface area contributed by atoms with Crippen molar-refractivity contribution in [3.63, 3.8) is 0 Å². The summed E-state index contributed by atoms with van der Waals surface area (Å²) in [7, 11) is 0. The van der Waals surface area contributed by atoms with Gasteiger partial charge in [-0.1, -0.05) is 26.0 Å². The Kier molecular flexibility index (Phi) is 4.90. The summed E-state index contributed by atoms with van der Waals surface area (Å²) in [6.45, 7) is 13.8. The minimum absolute atomic E-state index is 0.458. The fourth-order valence-corrected chi connectivity index (χ4v) is 3.59. The molecule has 0 aromatic heterocycles. The van der Waals surface area contributed by atoms with Crippen LogP contribution in [0.4, 0.5) is 0 Å². The van der Waals surface area contributed by atoms with Crippen LogP contribution in [0.25, 0.3) is 0 Å². The van der Waals surface area contributed by atoms with Crippen LogP contribution >= 0.6 is 0 Å². The first-order chi connectivity index (χ1) is 9.38. The molecule has 0 amide bonds. The van der Waals surface area contributed by atoms with E-state index in [1.54, 1.807) is 0 Å². The van der Waals surface area contributed by atoms with Gasteiger partial charge in [-0.05, 0) is 81.0 Å². The van der Waals surface area contributed by atoms with Gasteiger partial charge in [-0.25, -0.2) is 0 Å². The number of aryl methyl sites for hydroxylation is 3. The topological polar surface area (TPSA) is 12.0 Å². The van der Waals surface area contributed by atoms with E-state index in [1.807, 2.05) is 0 Å². The molecule has 1 N–H and O–H groups in total. The molecule has 1 heteroatoms. The molecule has 0 radical (unpaired) electrons. The predicted octanol–water partition coefficient (Wildman–Crippen LogP) is 5.09. The van der Waals surface area contributed by atoms with Crippen LogP contribution in [0.15, 0.2) is 12.1 Å². The Hall–Kier alpha value is -0.820. The van der Waals surface area contributed by atoms with Gasteiger partial charge in [0.2, 0.25) is 0 Å². The molecule has 0 spiro atoms. The monoisotopic (exact) mass is 273 g/mol. The molecule has 1 aliphatic rings. The zero-order valence-electron chi connectivity index (χ0n) is 14.1. The summed E-state index contributed by atoms with van der Waals surface area (Å²) in [5.41, 5.74) is 5.70. The molecule has 1 aromatic rings. The summed E-state index contributed by atoms with van der Waals surface area (Å²) in [6, 6.07) is 5.85. The number of rotatable bonds is 3. The summed E-state index contributed by atoms with van der Waals surface area (Å²) in [5.74, 6) is 1.75. The number of nitrogens with one attached hydrogen (secondary N) is 1. The van der Waals surface area contributed by atoms with E-state index in [4.69, 9.17) is 0 Å². The van der Waals surface area contributed by atoms with Crippen molar-refractivity contribution >= 4 is 0 Å². The normalized spacial score (nSPS) is 28.4. The lowest BCUT2D eigenvalue weighted by Gasteiger charge is -2.34. The van der Waals surface area contributed by atoms with Crippen molar-refractivity contribution in [1.29, 1.82) is 0 Å². The van der Waals surface area contributed by atoms with Crippen LogP contribution in [-0.2, 0) is 0 Å². The lowest BCUT2D eigenvalue weighted by Crippen LogP contribution is -2.37. The smallest absolute Gasteiger partial charge is 0.0297 e. The van der Waals surface area contributed by atoms with E-state index >= 15 is 0 Å². The van der Waals surface area contributed by atoms with Gasteiger partial charge in [0.1, 0.15) is 0 Å². The second kappa shape index (κ2) is 6.30. The second-order valence-corrected chi connectivity index (χ2v) is 7.15. The maximum Gasteiger partial charge on any atom is 0.0297 e. The fourth-order valence-electron chi connectivity index (χ4n) is 3.59. The van der Waals surface area contributed by atoms with E-state index in [9.17, 15) is 0 Å². The van der Waals surface area contributed by atoms with Crippen molar-refractivity contribution in [3.8, 4) is 0 Å². The molecule has 0 aliphatic heterocycles. The lowest BCUT2D eigenvalue weighted by molar-refractivity contribution is 0.217. The van der Waals surface area contributed by atoms with Crippen molar-refractivity contribution in [2.24, 2.45) is 11.8 Å². The van der Waals surface area contributed by atoms with Gasteiger partial charge in [0.05, 0.1) is 0 Å². The molecule has 4 atom stereocenters. The molecule has 1 nitrogen and oxygen atoms in total. The summed E-state index contributed by atoms with van der Waals surface area (Å²) < 4.78 is 0. The first-order valence-corrected chi connectivity index (χ1v) is 8.22. The molecule has 0 saturated heterocycles. The third kappa shape index (κ3) is 3.44. The van der Waals surface area contributed by atoms with Crippen LogP contribution < -0.4 is 5.32 Å². The molecular weight excluding hydrogens is 242 g/mol. The van der Waals surface area contributed by atoms with Gasteiger partial charge < -0.3 is 5.32 Å². The Labute approximate surface area is 125 Å². The number of hydrogen-bond acceptors (Lipinski definition) is 1. The predicted molar refractivity (Wildman–Crippen MR) is 88.2 cm³/mol. The van der Waals surface area contributed by atoms with Crippen molar-refractivity contribution in [1.82, 2.24) is 5.32 Å². The van der Waals surface area contributed by atoms with Gasteiger partial charge in [0.15, 0.2) is 0 Å². The largest absolute Gasteiger partial charge is 0.307 e. The minimum Gasteiger partial charge on any atom is -0.307 e. The zero-order valence-corrected chi connectivity index (χ0v) is 14.1. The molecule has 1 saturated carbocycles. The average Bonchev–Trinajstić information content (AvgIpc) is 2.38. The standard InChI is InChI=1S/C19H31N/c1-12-7-8-18(10-14(12)3)20-17(6)19-11-15(4)13(2)9-16(19)5/h9,11-12,14,17-18,20H,7-8,10H2,1-6H3. The van der Waals surface area contributed by atoms with Crippen LogP contribution in [0.2, 0.25) is 0 Å². The highest BCUT2D eigenvalue weighted by Crippen LogP contribution is 2.31. The molecule has 1 aliphatic carbocycles. The van der Waals surface area contributed by atoms with Crippen LogP contribution in [0.1, 0.15) is 68.3 Å². The van der Waals surface area contributed by atoms with E-state index in [1.165, 1.54) is 41.5 Å². The first-order valence-electron chi connectivity index (χ1n) is 8.22. The van der Waals surface area contributed by atoms with Gasteiger partial charge in [-0.3, -0.25) is 0 Å². The number of hydrogen-bond donors (Lipinski definition) is 1. The highest BCUT2D eigenvalue weighted by atomic mass is 14.9. The minimum atomic E-state index is 0.458. The van der Waals surface area contributed by atoms with E-state index in [0.29, 0.717) is 12.1 Å². The van der Waals surface area contributed by atoms with Crippen molar-refractivity contribution in [2.45, 2.75) is 72.9 Å². The first kappa shape index (κ1) is 15.6. The van der Waals surface area contributed by atoms with Crippen LogP contribution in [0.3, 0.4) is 0 Å². The van der Waals surface area contributed by atoms with E-state index in [0.717, 1.165) is 11.8 Å². The van der Waals surface area contributed by atoms with Crippen molar-refractivity contribution in [3.05, 3.63) is 34.4 Å². The Balaban J connectivity index is 2.05. The van der Waals surface area contributed by atoms with Gasteiger partial charge in [0.25, 0.3) is 0 Å². The highest BCUT2D eigenvalue weighted by molar-refractivity contribution is 5.38. The molecule has 1 aromatic carbocycles. The van der Waals surface area contributed by atoms with Crippen LogP contribution in [0.5, 0.6) is 0 Å². The third-order valence-corrected chi connectivity index (χ3v) is 5.43. The van der Waals surface area contributed by atoms with E-state index in [-0.39, 0.29) is 0 Å². The molecule has 20 heavy (non-hydrogen) atoms. The van der Waals surface area contributed by atoms with Crippen molar-refractivity contribution in [2.75, 3.05) is 0 Å². The quantitative estimate of drug-likeness (QED) is 0.809. The van der Waals surface area contributed by atoms with E-state index < -0.39 is 0 Å². The highest BCUT2D eigenvalue weighted by Gasteiger charge is 2.25. The van der Waals surface area contributed by atoms with E-state index in [2.05, 4.69) is 59.0 Å². The van der Waals surface area contributed by atoms with Gasteiger partial charge in [0, 0.05) is 12.1 Å². The summed E-state index contributed by atoms with van der Waals surface area (Å²) >= 11 is 0. The molecule has 0 heterocycles. The Bertz CT molecular complexity index is 463. The molecule has 4 unspecified atom stereocenters. The SMILES string of the molecule is Cc1cc(C)c(C(C)NC2CCC(C)C(C)C2)cc1C. The van der Waals surface area contributed by atoms with Crippen molar-refractivity contribution < 1.29 is 0 Å². The van der Waals surface area contributed by atoms with Gasteiger partial charge in [-0.15, -0.1) is 0 Å². The van der Waals surface area contributed by atoms with Crippen LogP contribution in [0, 0.1) is 32.6 Å². The Morgan fingerprint density at radius 3 is 2.25 bits per heavy atom. The molecule has 0 bridgehead atoms. The van der Waals surface area contributed by atoms with Crippen LogP contribution in [-0.4, -0.2) is 6.04 Å². The second-order valence-electron chi connectivity index (χ2n) is 7.15. The molecule has 112 valence electrons. The summed E-state index contributed by atoms with van der Waals surface area (Å²) in [4.78, 5) is 0.